The van der Waals surface area contributed by atoms with E-state index in [0.29, 0.717) is 31.7 Å². The Morgan fingerprint density at radius 2 is 2.26 bits per heavy atom. The van der Waals surface area contributed by atoms with Gasteiger partial charge < -0.3 is 20.5 Å². The van der Waals surface area contributed by atoms with Crippen LogP contribution in [0.5, 0.6) is 5.75 Å². The second-order valence-electron chi connectivity index (χ2n) is 6.65. The molecule has 1 saturated heterocycles. The first kappa shape index (κ1) is 16.2. The maximum absolute atomic E-state index is 13.5. The van der Waals surface area contributed by atoms with Gasteiger partial charge >= 0.3 is 0 Å². The van der Waals surface area contributed by atoms with Crippen molar-refractivity contribution in [2.45, 2.75) is 37.3 Å². The van der Waals surface area contributed by atoms with Crippen molar-refractivity contribution in [3.63, 3.8) is 0 Å². The van der Waals surface area contributed by atoms with E-state index in [2.05, 4.69) is 10.6 Å². The number of ether oxygens (including phenoxy) is 1. The van der Waals surface area contributed by atoms with Crippen LogP contribution in [0.2, 0.25) is 0 Å². The Morgan fingerprint density at radius 3 is 2.87 bits per heavy atom. The molecule has 6 heteroatoms. The van der Waals surface area contributed by atoms with Crippen molar-refractivity contribution in [3.05, 3.63) is 29.6 Å². The highest BCUT2D eigenvalue weighted by atomic mass is 19.1. The van der Waals surface area contributed by atoms with E-state index < -0.39 is 6.10 Å². The van der Waals surface area contributed by atoms with Crippen molar-refractivity contribution < 1.29 is 19.0 Å². The quantitative estimate of drug-likeness (QED) is 0.731. The summed E-state index contributed by atoms with van der Waals surface area (Å²) in [6.07, 6.45) is 2.17. The summed E-state index contributed by atoms with van der Waals surface area (Å²) >= 11 is 0. The maximum atomic E-state index is 13.5. The molecule has 1 aromatic carbocycles. The summed E-state index contributed by atoms with van der Waals surface area (Å²) in [5.74, 6) is 0.255. The van der Waals surface area contributed by atoms with Crippen molar-refractivity contribution in [1.29, 1.82) is 0 Å². The maximum Gasteiger partial charge on any atom is 0.220 e. The second kappa shape index (κ2) is 6.45. The minimum atomic E-state index is -0.459. The summed E-state index contributed by atoms with van der Waals surface area (Å²) in [5, 5.41) is 15.9. The van der Waals surface area contributed by atoms with Gasteiger partial charge in [0.05, 0.1) is 13.2 Å². The average molecular weight is 322 g/mol. The summed E-state index contributed by atoms with van der Waals surface area (Å²) < 4.78 is 18.8. The third kappa shape index (κ3) is 3.82. The number of benzene rings is 1. The summed E-state index contributed by atoms with van der Waals surface area (Å²) in [5.41, 5.74) is 0.475. The largest absolute Gasteiger partial charge is 0.496 e. The Morgan fingerprint density at radius 1 is 1.48 bits per heavy atom. The van der Waals surface area contributed by atoms with Gasteiger partial charge in [-0.2, -0.15) is 0 Å². The van der Waals surface area contributed by atoms with E-state index in [1.165, 1.54) is 12.1 Å². The lowest BCUT2D eigenvalue weighted by Crippen LogP contribution is -2.40. The zero-order valence-corrected chi connectivity index (χ0v) is 13.3. The molecule has 0 bridgehead atoms. The number of methoxy groups -OCH3 is 1. The van der Waals surface area contributed by atoms with Gasteiger partial charge in [-0.15, -0.1) is 0 Å². The van der Waals surface area contributed by atoms with E-state index in [1.54, 1.807) is 13.2 Å². The first-order chi connectivity index (χ1) is 11.0. The van der Waals surface area contributed by atoms with Crippen LogP contribution in [-0.2, 0) is 11.2 Å². The predicted molar refractivity (Wildman–Crippen MR) is 83.7 cm³/mol. The van der Waals surface area contributed by atoms with Crippen LogP contribution in [0.15, 0.2) is 18.2 Å². The number of nitrogens with one attached hydrogen (secondary N) is 2. The van der Waals surface area contributed by atoms with E-state index in [9.17, 15) is 14.3 Å². The van der Waals surface area contributed by atoms with Gasteiger partial charge in [0.15, 0.2) is 0 Å². The number of β-amino-alcohol motifs (C(OH)–C–C–N with tert-alkyl or cyclic N) is 1. The number of aliphatic hydroxyl groups excluding tert-OH is 1. The molecular formula is C17H23FN2O3. The molecule has 1 saturated carbocycles. The molecule has 2 aliphatic rings. The molecule has 0 aromatic heterocycles. The molecule has 1 aromatic rings. The number of carbonyl (C=O) groups excluding carboxylic acids is 1. The average Bonchev–Trinajstić information content (AvgIpc) is 3.13. The Labute approximate surface area is 135 Å². The van der Waals surface area contributed by atoms with Crippen LogP contribution in [0, 0.1) is 11.7 Å². The number of amides is 1. The van der Waals surface area contributed by atoms with Gasteiger partial charge in [0.1, 0.15) is 11.6 Å². The van der Waals surface area contributed by atoms with Crippen molar-refractivity contribution in [2.75, 3.05) is 20.2 Å². The molecule has 0 radical (unpaired) electrons. The Bertz CT molecular complexity index is 589. The van der Waals surface area contributed by atoms with Gasteiger partial charge in [-0.3, -0.25) is 4.79 Å². The minimum absolute atomic E-state index is 0.0329. The molecule has 2 atom stereocenters. The molecule has 1 heterocycles. The van der Waals surface area contributed by atoms with Crippen LogP contribution in [0.3, 0.4) is 0 Å². The predicted octanol–water partition coefficient (Wildman–Crippen LogP) is 0.996. The van der Waals surface area contributed by atoms with E-state index in [1.807, 2.05) is 0 Å². The molecule has 3 rings (SSSR count). The van der Waals surface area contributed by atoms with Crippen molar-refractivity contribution >= 4 is 5.91 Å². The Hall–Kier alpha value is -1.66. The lowest BCUT2D eigenvalue weighted by atomic mass is 9.99. The van der Waals surface area contributed by atoms with Crippen LogP contribution in [0.25, 0.3) is 0 Å². The van der Waals surface area contributed by atoms with Gasteiger partial charge in [-0.25, -0.2) is 4.39 Å². The molecule has 1 aliphatic heterocycles. The first-order valence-electron chi connectivity index (χ1n) is 8.03. The lowest BCUT2D eigenvalue weighted by Gasteiger charge is -2.21. The zero-order chi connectivity index (χ0) is 16.4. The summed E-state index contributed by atoms with van der Waals surface area (Å²) in [6, 6.07) is 4.45. The molecule has 1 aliphatic carbocycles. The molecular weight excluding hydrogens is 299 g/mol. The van der Waals surface area contributed by atoms with Gasteiger partial charge in [-0.1, -0.05) is 0 Å². The highest BCUT2D eigenvalue weighted by Gasteiger charge is 2.45. The van der Waals surface area contributed by atoms with Crippen LogP contribution >= 0.6 is 0 Å². The Balaban J connectivity index is 1.61. The topological polar surface area (TPSA) is 70.6 Å². The van der Waals surface area contributed by atoms with E-state index >= 15 is 0 Å². The number of carbonyl (C=O) groups is 1. The molecule has 23 heavy (non-hydrogen) atoms. The molecule has 2 fully saturated rings. The molecule has 126 valence electrons. The highest BCUT2D eigenvalue weighted by molar-refractivity contribution is 5.77. The SMILES string of the molecule is COc1ccc(F)cc1CC1(NC(=O)C[C@@H]2CNC[C@H]2O)CC1. The Kier molecular flexibility index (Phi) is 4.55. The standard InChI is InChI=1S/C17H23FN2O3/c1-23-15-3-2-13(18)6-11(15)8-17(4-5-17)20-16(22)7-12-9-19-10-14(12)21/h2-3,6,12,14,19,21H,4-5,7-10H2,1H3,(H,20,22)/t12-,14-/m1/s1. The van der Waals surface area contributed by atoms with Crippen LogP contribution in [-0.4, -0.2) is 42.9 Å². The molecule has 0 unspecified atom stereocenters. The number of hydrogen-bond acceptors (Lipinski definition) is 4. The summed E-state index contributed by atoms with van der Waals surface area (Å²) in [4.78, 5) is 12.3. The van der Waals surface area contributed by atoms with E-state index in [4.69, 9.17) is 4.74 Å². The minimum Gasteiger partial charge on any atom is -0.496 e. The molecule has 3 N–H and O–H groups in total. The van der Waals surface area contributed by atoms with Crippen molar-refractivity contribution in [1.82, 2.24) is 10.6 Å². The van der Waals surface area contributed by atoms with Gasteiger partial charge in [0.2, 0.25) is 5.91 Å². The van der Waals surface area contributed by atoms with Gasteiger partial charge in [-0.05, 0) is 43.0 Å². The van der Waals surface area contributed by atoms with Crippen LogP contribution in [0.4, 0.5) is 4.39 Å². The fourth-order valence-corrected chi connectivity index (χ4v) is 3.26. The fraction of sp³-hybridized carbons (Fsp3) is 0.588. The zero-order valence-electron chi connectivity index (χ0n) is 13.3. The summed E-state index contributed by atoms with van der Waals surface area (Å²) in [6.45, 7) is 1.21. The lowest BCUT2D eigenvalue weighted by molar-refractivity contribution is -0.123. The van der Waals surface area contributed by atoms with Gasteiger partial charge in [0, 0.05) is 31.0 Å². The normalized spacial score (nSPS) is 25.2. The first-order valence-corrected chi connectivity index (χ1v) is 8.03. The second-order valence-corrected chi connectivity index (χ2v) is 6.65. The van der Waals surface area contributed by atoms with Crippen molar-refractivity contribution in [3.8, 4) is 5.75 Å². The number of aliphatic hydroxyl groups is 1. The number of rotatable bonds is 6. The fourth-order valence-electron chi connectivity index (χ4n) is 3.26. The molecule has 0 spiro atoms. The molecule has 1 amide bonds. The molecule has 5 nitrogen and oxygen atoms in total. The van der Waals surface area contributed by atoms with Crippen LogP contribution < -0.4 is 15.4 Å². The van der Waals surface area contributed by atoms with E-state index in [0.717, 1.165) is 18.4 Å². The third-order valence-corrected chi connectivity index (χ3v) is 4.78. The van der Waals surface area contributed by atoms with Crippen LogP contribution in [0.1, 0.15) is 24.8 Å². The monoisotopic (exact) mass is 322 g/mol. The van der Waals surface area contributed by atoms with Crippen molar-refractivity contribution in [2.24, 2.45) is 5.92 Å². The number of hydrogen-bond donors (Lipinski definition) is 3. The smallest absolute Gasteiger partial charge is 0.220 e. The van der Waals surface area contributed by atoms with Gasteiger partial charge in [0.25, 0.3) is 0 Å². The highest BCUT2D eigenvalue weighted by Crippen LogP contribution is 2.40. The number of halogens is 1. The van der Waals surface area contributed by atoms with E-state index in [-0.39, 0.29) is 23.2 Å². The summed E-state index contributed by atoms with van der Waals surface area (Å²) in [7, 11) is 1.56. The third-order valence-electron chi connectivity index (χ3n) is 4.78.